The summed E-state index contributed by atoms with van der Waals surface area (Å²) in [7, 11) is 0. The first-order chi connectivity index (χ1) is 8.77. The van der Waals surface area contributed by atoms with Crippen LogP contribution < -0.4 is 10.2 Å². The Morgan fingerprint density at radius 2 is 2.33 bits per heavy atom. The van der Waals surface area contributed by atoms with Crippen LogP contribution in [0.1, 0.15) is 36.8 Å². The van der Waals surface area contributed by atoms with Crippen LogP contribution in [0.25, 0.3) is 0 Å². The smallest absolute Gasteiger partial charge is 0.223 e. The highest BCUT2D eigenvalue weighted by molar-refractivity contribution is 5.94. The maximum atomic E-state index is 11.6. The highest BCUT2D eigenvalue weighted by Crippen LogP contribution is 2.36. The van der Waals surface area contributed by atoms with Crippen LogP contribution in [0.3, 0.4) is 0 Å². The van der Waals surface area contributed by atoms with Crippen molar-refractivity contribution in [2.75, 3.05) is 24.5 Å². The van der Waals surface area contributed by atoms with Gasteiger partial charge in [-0.3, -0.25) is 4.79 Å². The van der Waals surface area contributed by atoms with E-state index in [-0.39, 0.29) is 5.91 Å². The molecule has 1 N–H and O–H groups in total. The van der Waals surface area contributed by atoms with Crippen molar-refractivity contribution >= 4 is 11.6 Å². The first-order valence-electron chi connectivity index (χ1n) is 6.88. The van der Waals surface area contributed by atoms with E-state index in [4.69, 9.17) is 0 Å². The largest absolute Gasteiger partial charge is 0.316 e. The average molecular weight is 244 g/mol. The molecule has 1 saturated heterocycles. The predicted octanol–water partition coefficient (Wildman–Crippen LogP) is 2.06. The van der Waals surface area contributed by atoms with Crippen LogP contribution in [0, 0.1) is 0 Å². The lowest BCUT2D eigenvalue weighted by Gasteiger charge is -2.25. The molecule has 1 aromatic carbocycles. The van der Waals surface area contributed by atoms with Gasteiger partial charge in [0.2, 0.25) is 5.91 Å². The molecule has 3 nitrogen and oxygen atoms in total. The van der Waals surface area contributed by atoms with Crippen molar-refractivity contribution in [3.05, 3.63) is 29.3 Å². The molecule has 96 valence electrons. The number of hydrogen-bond acceptors (Lipinski definition) is 2. The zero-order valence-electron chi connectivity index (χ0n) is 10.9. The topological polar surface area (TPSA) is 32.3 Å². The van der Waals surface area contributed by atoms with E-state index in [1.807, 2.05) is 4.90 Å². The molecular weight excluding hydrogens is 224 g/mol. The van der Waals surface area contributed by atoms with Gasteiger partial charge in [-0.15, -0.1) is 0 Å². The molecule has 1 unspecified atom stereocenters. The predicted molar refractivity (Wildman–Crippen MR) is 73.0 cm³/mol. The standard InChI is InChI=1S/C15H20N2O/c1-11(18)17-9-7-14-13(5-2-6-15(14)17)12-4-3-8-16-10-12/h2,5-6,12,16H,3-4,7-10H2,1H3. The number of nitrogens with zero attached hydrogens (tertiary/aromatic N) is 1. The van der Waals surface area contributed by atoms with Crippen molar-refractivity contribution < 1.29 is 4.79 Å². The number of piperidine rings is 1. The van der Waals surface area contributed by atoms with Crippen LogP contribution in [0.4, 0.5) is 5.69 Å². The first-order valence-corrected chi connectivity index (χ1v) is 6.88. The zero-order chi connectivity index (χ0) is 12.5. The van der Waals surface area contributed by atoms with Crippen molar-refractivity contribution in [2.24, 2.45) is 0 Å². The lowest BCUT2D eigenvalue weighted by atomic mass is 9.87. The summed E-state index contributed by atoms with van der Waals surface area (Å²) in [5, 5.41) is 3.48. The molecule has 0 saturated carbocycles. The number of nitrogens with one attached hydrogen (secondary N) is 1. The maximum Gasteiger partial charge on any atom is 0.223 e. The minimum absolute atomic E-state index is 0.160. The van der Waals surface area contributed by atoms with Crippen LogP contribution in [0.5, 0.6) is 0 Å². The molecule has 0 spiro atoms. The van der Waals surface area contributed by atoms with Gasteiger partial charge >= 0.3 is 0 Å². The number of carbonyl (C=O) groups is 1. The Balaban J connectivity index is 1.95. The Hall–Kier alpha value is -1.35. The van der Waals surface area contributed by atoms with Gasteiger partial charge in [0.05, 0.1) is 0 Å². The van der Waals surface area contributed by atoms with E-state index in [0.717, 1.165) is 31.7 Å². The molecule has 0 aliphatic carbocycles. The van der Waals surface area contributed by atoms with Gasteiger partial charge in [0, 0.05) is 25.7 Å². The quantitative estimate of drug-likeness (QED) is 0.820. The molecule has 3 rings (SSSR count). The Morgan fingerprint density at radius 1 is 1.44 bits per heavy atom. The van der Waals surface area contributed by atoms with Crippen LogP contribution in [-0.4, -0.2) is 25.5 Å². The number of hydrogen-bond donors (Lipinski definition) is 1. The van der Waals surface area contributed by atoms with E-state index in [2.05, 4.69) is 23.5 Å². The molecule has 1 aromatic rings. The molecule has 1 atom stereocenters. The Kier molecular flexibility index (Phi) is 3.08. The van der Waals surface area contributed by atoms with Gasteiger partial charge in [0.25, 0.3) is 0 Å². The van der Waals surface area contributed by atoms with Crippen molar-refractivity contribution in [2.45, 2.75) is 32.1 Å². The number of rotatable bonds is 1. The molecule has 2 heterocycles. The summed E-state index contributed by atoms with van der Waals surface area (Å²) in [6, 6.07) is 6.44. The van der Waals surface area contributed by atoms with Gasteiger partial charge < -0.3 is 10.2 Å². The first kappa shape index (κ1) is 11.7. The normalized spacial score (nSPS) is 22.9. The SMILES string of the molecule is CC(=O)N1CCc2c(C3CCCNC3)cccc21. The molecule has 0 bridgehead atoms. The Labute approximate surface area is 108 Å². The van der Waals surface area contributed by atoms with Crippen LogP contribution in [0.15, 0.2) is 18.2 Å². The Bertz CT molecular complexity index is 464. The minimum atomic E-state index is 0.160. The van der Waals surface area contributed by atoms with Crippen LogP contribution in [-0.2, 0) is 11.2 Å². The van der Waals surface area contributed by atoms with E-state index in [1.165, 1.54) is 24.0 Å². The summed E-state index contributed by atoms with van der Waals surface area (Å²) >= 11 is 0. The third-order valence-electron chi connectivity index (χ3n) is 4.18. The number of amides is 1. The van der Waals surface area contributed by atoms with Crippen molar-refractivity contribution in [1.82, 2.24) is 5.32 Å². The summed E-state index contributed by atoms with van der Waals surface area (Å²) in [6.45, 7) is 4.73. The molecular formula is C15H20N2O. The monoisotopic (exact) mass is 244 g/mol. The van der Waals surface area contributed by atoms with E-state index in [1.54, 1.807) is 6.92 Å². The minimum Gasteiger partial charge on any atom is -0.316 e. The van der Waals surface area contributed by atoms with E-state index < -0.39 is 0 Å². The highest BCUT2D eigenvalue weighted by Gasteiger charge is 2.27. The number of carbonyl (C=O) groups excluding carboxylic acids is 1. The lowest BCUT2D eigenvalue weighted by Crippen LogP contribution is -2.28. The van der Waals surface area contributed by atoms with E-state index >= 15 is 0 Å². The summed E-state index contributed by atoms with van der Waals surface area (Å²) in [5.74, 6) is 0.785. The second-order valence-corrected chi connectivity index (χ2v) is 5.31. The molecule has 2 aliphatic heterocycles. The number of benzene rings is 1. The average Bonchev–Trinajstić information content (AvgIpc) is 2.83. The van der Waals surface area contributed by atoms with Gasteiger partial charge in [-0.1, -0.05) is 12.1 Å². The molecule has 1 amide bonds. The molecule has 0 radical (unpaired) electrons. The third-order valence-corrected chi connectivity index (χ3v) is 4.18. The summed E-state index contributed by atoms with van der Waals surface area (Å²) in [4.78, 5) is 13.5. The summed E-state index contributed by atoms with van der Waals surface area (Å²) < 4.78 is 0. The van der Waals surface area contributed by atoms with Crippen molar-refractivity contribution in [3.63, 3.8) is 0 Å². The van der Waals surface area contributed by atoms with Gasteiger partial charge in [0.15, 0.2) is 0 Å². The third kappa shape index (κ3) is 1.93. The van der Waals surface area contributed by atoms with Crippen LogP contribution >= 0.6 is 0 Å². The molecule has 0 aromatic heterocycles. The summed E-state index contributed by atoms with van der Waals surface area (Å²) in [6.07, 6.45) is 3.54. The van der Waals surface area contributed by atoms with Gasteiger partial charge in [0.1, 0.15) is 0 Å². The second kappa shape index (κ2) is 4.73. The fourth-order valence-electron chi connectivity index (χ4n) is 3.29. The lowest BCUT2D eigenvalue weighted by molar-refractivity contribution is -0.116. The maximum absolute atomic E-state index is 11.6. The fourth-order valence-corrected chi connectivity index (χ4v) is 3.29. The van der Waals surface area contributed by atoms with Gasteiger partial charge in [-0.05, 0) is 48.9 Å². The second-order valence-electron chi connectivity index (χ2n) is 5.31. The van der Waals surface area contributed by atoms with Crippen molar-refractivity contribution in [1.29, 1.82) is 0 Å². The Morgan fingerprint density at radius 3 is 3.06 bits per heavy atom. The van der Waals surface area contributed by atoms with Gasteiger partial charge in [-0.2, -0.15) is 0 Å². The molecule has 2 aliphatic rings. The zero-order valence-corrected chi connectivity index (χ0v) is 10.9. The van der Waals surface area contributed by atoms with E-state index in [9.17, 15) is 4.79 Å². The molecule has 18 heavy (non-hydrogen) atoms. The highest BCUT2D eigenvalue weighted by atomic mass is 16.2. The number of anilines is 1. The van der Waals surface area contributed by atoms with Crippen molar-refractivity contribution in [3.8, 4) is 0 Å². The summed E-state index contributed by atoms with van der Waals surface area (Å²) in [5.41, 5.74) is 4.01. The van der Waals surface area contributed by atoms with Crippen LogP contribution in [0.2, 0.25) is 0 Å². The van der Waals surface area contributed by atoms with E-state index in [0.29, 0.717) is 5.92 Å². The molecule has 1 fully saturated rings. The number of fused-ring (bicyclic) bond motifs is 1. The fraction of sp³-hybridized carbons (Fsp3) is 0.533. The van der Waals surface area contributed by atoms with Gasteiger partial charge in [-0.25, -0.2) is 0 Å². The molecule has 3 heteroatoms.